The van der Waals surface area contributed by atoms with Crippen molar-refractivity contribution in [3.8, 4) is 5.75 Å². The first-order valence-corrected chi connectivity index (χ1v) is 5.83. The number of rotatable bonds is 2. The van der Waals surface area contributed by atoms with E-state index in [1.165, 1.54) is 0 Å². The Hall–Kier alpha value is -1.16. The predicted octanol–water partition coefficient (Wildman–Crippen LogP) is 2.52. The molecule has 80 valence electrons. The molecule has 0 aromatic heterocycles. The molecule has 1 heterocycles. The van der Waals surface area contributed by atoms with Gasteiger partial charge in [0.05, 0.1) is 17.5 Å². The minimum atomic E-state index is -0.0330. The molecular weight excluding hydrogens is 210 g/mol. The van der Waals surface area contributed by atoms with Crippen LogP contribution < -0.4 is 10.1 Å². The molecule has 1 aromatic carbocycles. The van der Waals surface area contributed by atoms with Crippen LogP contribution in [0.2, 0.25) is 0 Å². The second-order valence-electron chi connectivity index (χ2n) is 3.31. The fourth-order valence-corrected chi connectivity index (χ4v) is 2.45. The molecule has 1 unspecified atom stereocenters. The van der Waals surface area contributed by atoms with E-state index >= 15 is 0 Å². The van der Waals surface area contributed by atoms with Gasteiger partial charge in [-0.05, 0) is 26.0 Å². The summed E-state index contributed by atoms with van der Waals surface area (Å²) in [6.45, 7) is 4.43. The Bertz CT molecular complexity index is 378. The molecule has 1 N–H and O–H groups in total. The van der Waals surface area contributed by atoms with Gasteiger partial charge < -0.3 is 10.1 Å². The molecule has 15 heavy (non-hydrogen) atoms. The fourth-order valence-electron chi connectivity index (χ4n) is 1.48. The third-order valence-corrected chi connectivity index (χ3v) is 3.37. The van der Waals surface area contributed by atoms with Crippen molar-refractivity contribution >= 4 is 23.4 Å². The summed E-state index contributed by atoms with van der Waals surface area (Å²) in [5.41, 5.74) is 0.812. The summed E-state index contributed by atoms with van der Waals surface area (Å²) in [6.07, 6.45) is 0. The zero-order valence-corrected chi connectivity index (χ0v) is 9.56. The minimum absolute atomic E-state index is 0.0330. The Balaban J connectivity index is 2.38. The average Bonchev–Trinajstić information content (AvgIpc) is 2.21. The van der Waals surface area contributed by atoms with E-state index in [2.05, 4.69) is 5.32 Å². The van der Waals surface area contributed by atoms with Crippen molar-refractivity contribution in [1.82, 2.24) is 0 Å². The first-order valence-electron chi connectivity index (χ1n) is 4.95. The highest BCUT2D eigenvalue weighted by Gasteiger charge is 2.25. The number of thioether (sulfide) groups is 1. The summed E-state index contributed by atoms with van der Waals surface area (Å²) < 4.78 is 5.46. The van der Waals surface area contributed by atoms with E-state index in [0.717, 1.165) is 16.3 Å². The van der Waals surface area contributed by atoms with Crippen LogP contribution in [0.1, 0.15) is 13.8 Å². The molecule has 0 saturated carbocycles. The van der Waals surface area contributed by atoms with Gasteiger partial charge in [-0.3, -0.25) is 4.79 Å². The van der Waals surface area contributed by atoms with Gasteiger partial charge in [-0.15, -0.1) is 11.8 Å². The lowest BCUT2D eigenvalue weighted by molar-refractivity contribution is -0.115. The van der Waals surface area contributed by atoms with Gasteiger partial charge in [0.2, 0.25) is 5.91 Å². The topological polar surface area (TPSA) is 38.3 Å². The maximum Gasteiger partial charge on any atom is 0.237 e. The Labute approximate surface area is 93.2 Å². The van der Waals surface area contributed by atoms with E-state index in [4.69, 9.17) is 4.74 Å². The highest BCUT2D eigenvalue weighted by atomic mass is 32.2. The summed E-state index contributed by atoms with van der Waals surface area (Å²) >= 11 is 1.57. The van der Waals surface area contributed by atoms with Gasteiger partial charge in [-0.25, -0.2) is 0 Å². The molecule has 0 aliphatic carbocycles. The van der Waals surface area contributed by atoms with Gasteiger partial charge in [0.25, 0.3) is 0 Å². The second-order valence-corrected chi connectivity index (χ2v) is 4.69. The smallest absolute Gasteiger partial charge is 0.237 e. The van der Waals surface area contributed by atoms with Gasteiger partial charge in [-0.1, -0.05) is 6.07 Å². The lowest BCUT2D eigenvalue weighted by atomic mass is 10.2. The van der Waals surface area contributed by atoms with Crippen LogP contribution in [0.3, 0.4) is 0 Å². The van der Waals surface area contributed by atoms with Crippen molar-refractivity contribution < 1.29 is 9.53 Å². The van der Waals surface area contributed by atoms with Crippen LogP contribution in [0, 0.1) is 0 Å². The van der Waals surface area contributed by atoms with Crippen LogP contribution >= 0.6 is 11.8 Å². The summed E-state index contributed by atoms with van der Waals surface area (Å²) in [5.74, 6) is 0.794. The van der Waals surface area contributed by atoms with Gasteiger partial charge in [0.15, 0.2) is 0 Å². The zero-order valence-electron chi connectivity index (χ0n) is 8.74. The monoisotopic (exact) mass is 223 g/mol. The van der Waals surface area contributed by atoms with E-state index in [9.17, 15) is 4.79 Å². The number of fused-ring (bicyclic) bond motifs is 1. The number of anilines is 1. The molecule has 0 fully saturated rings. The number of amides is 1. The third-order valence-electron chi connectivity index (χ3n) is 2.21. The third kappa shape index (κ3) is 1.95. The van der Waals surface area contributed by atoms with Crippen LogP contribution in [0.25, 0.3) is 0 Å². The Morgan fingerprint density at radius 2 is 2.33 bits per heavy atom. The molecule has 0 bridgehead atoms. The van der Waals surface area contributed by atoms with Gasteiger partial charge >= 0.3 is 0 Å². The molecule has 4 heteroatoms. The van der Waals surface area contributed by atoms with Crippen LogP contribution in [0.4, 0.5) is 5.69 Å². The zero-order chi connectivity index (χ0) is 10.8. The fraction of sp³-hybridized carbons (Fsp3) is 0.364. The molecule has 1 amide bonds. The number of carbonyl (C=O) groups is 1. The number of ether oxygens (including phenoxy) is 1. The maximum absolute atomic E-state index is 11.5. The normalized spacial score (nSPS) is 19.3. The summed E-state index contributed by atoms with van der Waals surface area (Å²) in [7, 11) is 0. The average molecular weight is 223 g/mol. The number of hydrogen-bond acceptors (Lipinski definition) is 3. The number of hydrogen-bond donors (Lipinski definition) is 1. The van der Waals surface area contributed by atoms with E-state index in [0.29, 0.717) is 6.61 Å². The van der Waals surface area contributed by atoms with Crippen LogP contribution in [0.5, 0.6) is 5.75 Å². The Morgan fingerprint density at radius 3 is 3.07 bits per heavy atom. The highest BCUT2D eigenvalue weighted by Crippen LogP contribution is 2.40. The molecule has 0 saturated heterocycles. The molecule has 1 aliphatic heterocycles. The molecular formula is C11H13NO2S. The second kappa shape index (κ2) is 4.14. The first-order chi connectivity index (χ1) is 7.22. The minimum Gasteiger partial charge on any atom is -0.492 e. The van der Waals surface area contributed by atoms with E-state index in [-0.39, 0.29) is 11.2 Å². The molecule has 2 rings (SSSR count). The summed E-state index contributed by atoms with van der Waals surface area (Å²) in [4.78, 5) is 12.6. The largest absolute Gasteiger partial charge is 0.492 e. The van der Waals surface area contributed by atoms with Crippen molar-refractivity contribution in [1.29, 1.82) is 0 Å². The predicted molar refractivity (Wildman–Crippen MR) is 61.6 cm³/mol. The molecule has 3 nitrogen and oxygen atoms in total. The molecule has 1 aromatic rings. The molecule has 0 radical (unpaired) electrons. The molecule has 0 spiro atoms. The Morgan fingerprint density at radius 1 is 1.53 bits per heavy atom. The van der Waals surface area contributed by atoms with Crippen molar-refractivity contribution in [2.75, 3.05) is 11.9 Å². The number of carbonyl (C=O) groups excluding carboxylic acids is 1. The van der Waals surface area contributed by atoms with Crippen molar-refractivity contribution in [3.05, 3.63) is 18.2 Å². The Kier molecular flexibility index (Phi) is 2.86. The van der Waals surface area contributed by atoms with Gasteiger partial charge in [0.1, 0.15) is 5.75 Å². The standard InChI is InChI=1S/C11H13NO2S/c1-3-14-8-5-4-6-9-10(8)12-11(13)7(2)15-9/h4-7H,3H2,1-2H3,(H,12,13). The summed E-state index contributed by atoms with van der Waals surface area (Å²) in [6, 6.07) is 5.82. The number of benzene rings is 1. The van der Waals surface area contributed by atoms with E-state index < -0.39 is 0 Å². The van der Waals surface area contributed by atoms with Crippen molar-refractivity contribution in [3.63, 3.8) is 0 Å². The van der Waals surface area contributed by atoms with Crippen molar-refractivity contribution in [2.24, 2.45) is 0 Å². The van der Waals surface area contributed by atoms with E-state index in [1.807, 2.05) is 32.0 Å². The van der Waals surface area contributed by atoms with Crippen LogP contribution in [-0.4, -0.2) is 17.8 Å². The van der Waals surface area contributed by atoms with Crippen molar-refractivity contribution in [2.45, 2.75) is 24.0 Å². The lowest BCUT2D eigenvalue weighted by Gasteiger charge is -2.23. The quantitative estimate of drug-likeness (QED) is 0.837. The number of nitrogens with one attached hydrogen (secondary N) is 1. The van der Waals surface area contributed by atoms with E-state index in [1.54, 1.807) is 11.8 Å². The lowest BCUT2D eigenvalue weighted by Crippen LogP contribution is -2.26. The van der Waals surface area contributed by atoms with Crippen LogP contribution in [-0.2, 0) is 4.79 Å². The SMILES string of the molecule is CCOc1cccc2c1NC(=O)C(C)S2. The van der Waals surface area contributed by atoms with Crippen LogP contribution in [0.15, 0.2) is 23.1 Å². The number of para-hydroxylation sites is 1. The summed E-state index contributed by atoms with van der Waals surface area (Å²) in [5, 5.41) is 2.85. The molecule has 1 aliphatic rings. The maximum atomic E-state index is 11.5. The van der Waals surface area contributed by atoms with Gasteiger partial charge in [-0.2, -0.15) is 0 Å². The highest BCUT2D eigenvalue weighted by molar-refractivity contribution is 8.01. The first kappa shape index (κ1) is 10.4. The van der Waals surface area contributed by atoms with Gasteiger partial charge in [0, 0.05) is 4.90 Å². The molecule has 1 atom stereocenters.